The Morgan fingerprint density at radius 3 is 2.09 bits per heavy atom. The average molecular weight is 680 g/mol. The minimum absolute atomic E-state index is 0.122. The topological polar surface area (TPSA) is 144 Å². The SMILES string of the molecule is Cc1cccc(C)c1-c1nc(NS(=O)(=O)c2cccc(C(=O)O)c2)cc(OC[C@@H](CC(C)(C)C)NC(=O)OC(C)(C)C)c1C(F)(F)F. The van der Waals surface area contributed by atoms with Gasteiger partial charge in [0.1, 0.15) is 29.3 Å². The summed E-state index contributed by atoms with van der Waals surface area (Å²) in [5, 5.41) is 12.0. The summed E-state index contributed by atoms with van der Waals surface area (Å²) in [6.07, 6.45) is -5.49. The van der Waals surface area contributed by atoms with Crippen molar-refractivity contribution in [1.29, 1.82) is 0 Å². The van der Waals surface area contributed by atoms with Crippen molar-refractivity contribution in [3.8, 4) is 17.0 Å². The van der Waals surface area contributed by atoms with Crippen LogP contribution in [0.4, 0.5) is 23.8 Å². The fraction of sp³-hybridized carbons (Fsp3) is 0.424. The van der Waals surface area contributed by atoms with Gasteiger partial charge in [-0.25, -0.2) is 23.0 Å². The zero-order valence-electron chi connectivity index (χ0n) is 27.5. The Morgan fingerprint density at radius 2 is 1.55 bits per heavy atom. The maximum absolute atomic E-state index is 14.9. The van der Waals surface area contributed by atoms with Gasteiger partial charge in [0.15, 0.2) is 0 Å². The number of aromatic nitrogens is 1. The van der Waals surface area contributed by atoms with Gasteiger partial charge >= 0.3 is 18.2 Å². The number of alkyl carbamates (subject to hydrolysis) is 1. The van der Waals surface area contributed by atoms with Gasteiger partial charge in [-0.05, 0) is 75.8 Å². The summed E-state index contributed by atoms with van der Waals surface area (Å²) in [5.74, 6) is -2.60. The Morgan fingerprint density at radius 1 is 0.957 bits per heavy atom. The highest BCUT2D eigenvalue weighted by atomic mass is 32.2. The van der Waals surface area contributed by atoms with E-state index >= 15 is 0 Å². The van der Waals surface area contributed by atoms with Crippen LogP contribution in [0.2, 0.25) is 0 Å². The van der Waals surface area contributed by atoms with Crippen molar-refractivity contribution in [1.82, 2.24) is 10.3 Å². The zero-order chi connectivity index (χ0) is 35.5. The molecule has 1 atom stereocenters. The van der Waals surface area contributed by atoms with E-state index in [0.717, 1.165) is 18.2 Å². The lowest BCUT2D eigenvalue weighted by Gasteiger charge is -2.29. The predicted molar refractivity (Wildman–Crippen MR) is 171 cm³/mol. The molecule has 0 aliphatic carbocycles. The number of carbonyl (C=O) groups is 2. The molecule has 1 heterocycles. The number of nitrogens with zero attached hydrogens (tertiary/aromatic N) is 1. The average Bonchev–Trinajstić information content (AvgIpc) is 2.88. The van der Waals surface area contributed by atoms with Crippen LogP contribution in [0.5, 0.6) is 5.75 Å². The fourth-order valence-electron chi connectivity index (χ4n) is 4.88. The highest BCUT2D eigenvalue weighted by Gasteiger charge is 2.40. The molecule has 0 saturated heterocycles. The molecule has 1 aromatic heterocycles. The van der Waals surface area contributed by atoms with Crippen molar-refractivity contribution in [3.63, 3.8) is 0 Å². The summed E-state index contributed by atoms with van der Waals surface area (Å²) < 4.78 is 84.7. The summed E-state index contributed by atoms with van der Waals surface area (Å²) in [4.78, 5) is 27.8. The van der Waals surface area contributed by atoms with E-state index in [-0.39, 0.29) is 16.5 Å². The van der Waals surface area contributed by atoms with E-state index in [2.05, 4.69) is 15.0 Å². The number of rotatable bonds is 10. The molecule has 3 N–H and O–H groups in total. The van der Waals surface area contributed by atoms with Crippen molar-refractivity contribution in [3.05, 3.63) is 70.8 Å². The van der Waals surface area contributed by atoms with E-state index < -0.39 is 74.2 Å². The molecule has 0 saturated carbocycles. The molecule has 3 rings (SSSR count). The maximum atomic E-state index is 14.9. The van der Waals surface area contributed by atoms with Gasteiger partial charge in [-0.15, -0.1) is 0 Å². The van der Waals surface area contributed by atoms with E-state index in [1.807, 2.05) is 20.8 Å². The lowest BCUT2D eigenvalue weighted by atomic mass is 9.88. The summed E-state index contributed by atoms with van der Waals surface area (Å²) in [5.41, 5.74) is -2.33. The second kappa shape index (κ2) is 13.8. The molecule has 14 heteroatoms. The monoisotopic (exact) mass is 679 g/mol. The van der Waals surface area contributed by atoms with Crippen molar-refractivity contribution < 1.29 is 45.8 Å². The molecule has 0 spiro atoms. The number of pyridine rings is 1. The van der Waals surface area contributed by atoms with Gasteiger partial charge in [0.05, 0.1) is 22.2 Å². The standard InChI is InChI=1S/C33H40F3N3O7S/c1-19-11-9-12-20(2)26(19)28-27(33(34,35)36)24(45-18-22(17-31(3,4)5)37-30(42)46-32(6,7)8)16-25(38-28)39-47(43,44)23-14-10-13-21(15-23)29(40)41/h9-16,22H,17-18H2,1-8H3,(H,37,42)(H,38,39)(H,40,41)/t22-/m1/s1. The molecular weight excluding hydrogens is 639 g/mol. The Bertz CT molecular complexity index is 1730. The van der Waals surface area contributed by atoms with E-state index in [1.165, 1.54) is 12.1 Å². The zero-order valence-corrected chi connectivity index (χ0v) is 28.3. The number of carboxylic acids is 1. The molecule has 0 unspecified atom stereocenters. The number of amides is 1. The largest absolute Gasteiger partial charge is 0.491 e. The Kier molecular flexibility index (Phi) is 10.9. The Labute approximate surface area is 272 Å². The first-order chi connectivity index (χ1) is 21.5. The Hall–Kier alpha value is -4.33. The molecule has 1 amide bonds. The molecule has 10 nitrogen and oxygen atoms in total. The summed E-state index contributed by atoms with van der Waals surface area (Å²) in [7, 11) is -4.53. The number of nitrogens with one attached hydrogen (secondary N) is 2. The number of sulfonamides is 1. The minimum atomic E-state index is -5.00. The van der Waals surface area contributed by atoms with Gasteiger partial charge in [-0.1, -0.05) is 45.0 Å². The van der Waals surface area contributed by atoms with E-state index in [1.54, 1.807) is 52.8 Å². The van der Waals surface area contributed by atoms with Crippen LogP contribution in [0.1, 0.15) is 75.0 Å². The van der Waals surface area contributed by atoms with Crippen LogP contribution < -0.4 is 14.8 Å². The van der Waals surface area contributed by atoms with Gasteiger partial charge < -0.3 is 19.9 Å². The lowest BCUT2D eigenvalue weighted by molar-refractivity contribution is -0.138. The number of alkyl halides is 3. The quantitative estimate of drug-likeness (QED) is 0.199. The first kappa shape index (κ1) is 37.1. The van der Waals surface area contributed by atoms with Crippen molar-refractivity contribution in [2.24, 2.45) is 5.41 Å². The highest BCUT2D eigenvalue weighted by Crippen LogP contribution is 2.45. The summed E-state index contributed by atoms with van der Waals surface area (Å²) in [6, 6.07) is 9.36. The first-order valence-electron chi connectivity index (χ1n) is 14.6. The number of hydrogen-bond donors (Lipinski definition) is 3. The third kappa shape index (κ3) is 10.3. The van der Waals surface area contributed by atoms with Gasteiger partial charge in [0.2, 0.25) is 0 Å². The van der Waals surface area contributed by atoms with Gasteiger partial charge in [0, 0.05) is 11.6 Å². The van der Waals surface area contributed by atoms with E-state index in [0.29, 0.717) is 17.5 Å². The van der Waals surface area contributed by atoms with Crippen LogP contribution in [0, 0.1) is 19.3 Å². The van der Waals surface area contributed by atoms with Crippen LogP contribution in [0.15, 0.2) is 53.4 Å². The number of aryl methyl sites for hydroxylation is 2. The number of aromatic carboxylic acids is 1. The van der Waals surface area contributed by atoms with Crippen LogP contribution in [0.25, 0.3) is 11.3 Å². The number of ether oxygens (including phenoxy) is 2. The normalized spacial score (nSPS) is 13.1. The van der Waals surface area contributed by atoms with Gasteiger partial charge in [-0.3, -0.25) is 4.72 Å². The Balaban J connectivity index is 2.20. The second-order valence-corrected chi connectivity index (χ2v) is 15.0. The van der Waals surface area contributed by atoms with E-state index in [9.17, 15) is 36.3 Å². The lowest BCUT2D eigenvalue weighted by Crippen LogP contribution is -2.44. The second-order valence-electron chi connectivity index (χ2n) is 13.4. The molecule has 0 bridgehead atoms. The summed E-state index contributed by atoms with van der Waals surface area (Å²) >= 11 is 0. The number of benzene rings is 2. The summed E-state index contributed by atoms with van der Waals surface area (Å²) in [6.45, 7) is 13.4. The van der Waals surface area contributed by atoms with Crippen molar-refractivity contribution >= 4 is 27.9 Å². The van der Waals surface area contributed by atoms with Crippen LogP contribution in [0.3, 0.4) is 0 Å². The molecule has 47 heavy (non-hydrogen) atoms. The number of halogens is 3. The number of carboxylic acid groups (broad SMARTS) is 1. The fourth-order valence-corrected chi connectivity index (χ4v) is 5.92. The number of anilines is 1. The van der Waals surface area contributed by atoms with Crippen molar-refractivity contribution in [2.45, 2.75) is 84.5 Å². The molecule has 2 aromatic carbocycles. The third-order valence-corrected chi connectivity index (χ3v) is 7.99. The maximum Gasteiger partial charge on any atom is 0.422 e. The molecule has 0 fully saturated rings. The molecule has 0 radical (unpaired) electrons. The number of carbonyl (C=O) groups excluding carboxylic acids is 1. The van der Waals surface area contributed by atoms with Crippen LogP contribution >= 0.6 is 0 Å². The van der Waals surface area contributed by atoms with Crippen LogP contribution in [-0.4, -0.2) is 48.8 Å². The van der Waals surface area contributed by atoms with E-state index in [4.69, 9.17) is 9.47 Å². The first-order valence-corrected chi connectivity index (χ1v) is 16.1. The molecule has 0 aliphatic heterocycles. The van der Waals surface area contributed by atoms with Gasteiger partial charge in [0.25, 0.3) is 10.0 Å². The smallest absolute Gasteiger partial charge is 0.422 e. The highest BCUT2D eigenvalue weighted by molar-refractivity contribution is 7.92. The van der Waals surface area contributed by atoms with Gasteiger partial charge in [-0.2, -0.15) is 13.2 Å². The van der Waals surface area contributed by atoms with Crippen molar-refractivity contribution in [2.75, 3.05) is 11.3 Å². The van der Waals surface area contributed by atoms with Crippen LogP contribution in [-0.2, 0) is 20.9 Å². The predicted octanol–water partition coefficient (Wildman–Crippen LogP) is 7.59. The molecule has 256 valence electrons. The number of hydrogen-bond acceptors (Lipinski definition) is 7. The molecule has 3 aromatic rings. The molecular formula is C33H40F3N3O7S. The molecule has 0 aliphatic rings. The minimum Gasteiger partial charge on any atom is -0.491 e. The third-order valence-electron chi connectivity index (χ3n) is 6.63.